The van der Waals surface area contributed by atoms with Gasteiger partial charge in [0.05, 0.1) is 0 Å². The van der Waals surface area contributed by atoms with E-state index >= 15 is 0 Å². The van der Waals surface area contributed by atoms with E-state index in [2.05, 4.69) is 0 Å². The number of aliphatic hydroxyl groups excluding tert-OH is 1. The van der Waals surface area contributed by atoms with Crippen LogP contribution in [0.2, 0.25) is 0 Å². The second kappa shape index (κ2) is 4.14. The average molecular weight is 182 g/mol. The fourth-order valence-corrected chi connectivity index (χ4v) is 1.19. The van der Waals surface area contributed by atoms with Crippen molar-refractivity contribution in [3.05, 3.63) is 23.8 Å². The third-order valence-electron chi connectivity index (χ3n) is 1.84. The first kappa shape index (κ1) is 9.86. The number of hydrogen-bond donors (Lipinski definition) is 2. The van der Waals surface area contributed by atoms with E-state index in [1.165, 1.54) is 6.07 Å². The van der Waals surface area contributed by atoms with Gasteiger partial charge >= 0.3 is 0 Å². The van der Waals surface area contributed by atoms with E-state index in [-0.39, 0.29) is 12.5 Å². The molecule has 0 unspecified atom stereocenters. The first-order chi connectivity index (χ1) is 6.15. The number of aromatic hydroxyl groups is 1. The molecule has 1 aromatic carbocycles. The van der Waals surface area contributed by atoms with Crippen molar-refractivity contribution >= 4 is 0 Å². The molecule has 1 rings (SSSR count). The normalized spacial score (nSPS) is 10.5. The molecule has 0 spiro atoms. The largest absolute Gasteiger partial charge is 0.508 e. The van der Waals surface area contributed by atoms with Gasteiger partial charge in [-0.2, -0.15) is 0 Å². The maximum absolute atomic E-state index is 9.18. The van der Waals surface area contributed by atoms with Crippen LogP contribution in [-0.2, 0) is 0 Å². The van der Waals surface area contributed by atoms with Gasteiger partial charge in [0.1, 0.15) is 11.5 Å². The van der Waals surface area contributed by atoms with E-state index in [1.807, 2.05) is 13.8 Å². The van der Waals surface area contributed by atoms with Gasteiger partial charge in [0.2, 0.25) is 0 Å². The molecular weight excluding hydrogens is 168 g/mol. The number of benzene rings is 1. The van der Waals surface area contributed by atoms with E-state index in [4.69, 9.17) is 9.84 Å². The van der Waals surface area contributed by atoms with Gasteiger partial charge in [0, 0.05) is 6.07 Å². The summed E-state index contributed by atoms with van der Waals surface area (Å²) >= 11 is 0. The molecule has 0 saturated carbocycles. The highest BCUT2D eigenvalue weighted by Gasteiger charge is 2.07. The van der Waals surface area contributed by atoms with Crippen molar-refractivity contribution in [2.45, 2.75) is 19.8 Å². The molecule has 0 aliphatic heterocycles. The molecular formula is C10H14O3. The average Bonchev–Trinajstić information content (AvgIpc) is 2.04. The third-order valence-corrected chi connectivity index (χ3v) is 1.84. The molecule has 3 nitrogen and oxygen atoms in total. The Labute approximate surface area is 77.6 Å². The topological polar surface area (TPSA) is 49.7 Å². The van der Waals surface area contributed by atoms with Crippen LogP contribution in [0.15, 0.2) is 18.2 Å². The molecule has 0 fully saturated rings. The maximum Gasteiger partial charge on any atom is 0.186 e. The predicted molar refractivity (Wildman–Crippen MR) is 49.9 cm³/mol. The standard InChI is InChI=1S/C10H14O3/c1-7(2)9-4-3-8(12)5-10(9)13-6-11/h3-5,7,11-12H,6H2,1-2H3. The molecule has 0 radical (unpaired) electrons. The zero-order valence-electron chi connectivity index (χ0n) is 7.82. The molecule has 0 aromatic heterocycles. The lowest BCUT2D eigenvalue weighted by Crippen LogP contribution is -1.99. The summed E-state index contributed by atoms with van der Waals surface area (Å²) in [5, 5.41) is 17.8. The van der Waals surface area contributed by atoms with Gasteiger partial charge in [-0.05, 0) is 17.5 Å². The Morgan fingerprint density at radius 2 is 2.08 bits per heavy atom. The molecule has 1 aromatic rings. The minimum absolute atomic E-state index is 0.146. The second-order valence-corrected chi connectivity index (χ2v) is 3.15. The van der Waals surface area contributed by atoms with Crippen molar-refractivity contribution in [2.24, 2.45) is 0 Å². The van der Waals surface area contributed by atoms with Gasteiger partial charge in [-0.3, -0.25) is 0 Å². The number of hydrogen-bond acceptors (Lipinski definition) is 3. The smallest absolute Gasteiger partial charge is 0.186 e. The molecule has 0 saturated heterocycles. The molecule has 72 valence electrons. The van der Waals surface area contributed by atoms with Crippen molar-refractivity contribution in [3.63, 3.8) is 0 Å². The van der Waals surface area contributed by atoms with Crippen LogP contribution in [0.5, 0.6) is 11.5 Å². The Bertz CT molecular complexity index is 281. The first-order valence-electron chi connectivity index (χ1n) is 4.21. The summed E-state index contributed by atoms with van der Waals surface area (Å²) in [5.74, 6) is 0.993. The number of rotatable bonds is 3. The molecule has 0 amide bonds. The quantitative estimate of drug-likeness (QED) is 0.701. The van der Waals surface area contributed by atoms with Gasteiger partial charge in [0.25, 0.3) is 0 Å². The lowest BCUT2D eigenvalue weighted by atomic mass is 10.0. The lowest BCUT2D eigenvalue weighted by Gasteiger charge is -2.12. The van der Waals surface area contributed by atoms with Gasteiger partial charge in [-0.15, -0.1) is 0 Å². The Hall–Kier alpha value is -1.22. The van der Waals surface area contributed by atoms with Crippen molar-refractivity contribution in [3.8, 4) is 11.5 Å². The van der Waals surface area contributed by atoms with Crippen LogP contribution in [0.1, 0.15) is 25.3 Å². The monoisotopic (exact) mass is 182 g/mol. The maximum atomic E-state index is 9.18. The van der Waals surface area contributed by atoms with Gasteiger partial charge in [0.15, 0.2) is 6.79 Å². The van der Waals surface area contributed by atoms with Crippen LogP contribution in [0, 0.1) is 0 Å². The molecule has 0 aliphatic carbocycles. The highest BCUT2D eigenvalue weighted by atomic mass is 16.6. The Balaban J connectivity index is 3.03. The Morgan fingerprint density at radius 1 is 1.38 bits per heavy atom. The highest BCUT2D eigenvalue weighted by Crippen LogP contribution is 2.29. The first-order valence-corrected chi connectivity index (χ1v) is 4.21. The predicted octanol–water partition coefficient (Wildman–Crippen LogP) is 1.84. The Kier molecular flexibility index (Phi) is 3.14. The minimum Gasteiger partial charge on any atom is -0.508 e. The summed E-state index contributed by atoms with van der Waals surface area (Å²) in [6.07, 6.45) is 0. The second-order valence-electron chi connectivity index (χ2n) is 3.15. The van der Waals surface area contributed by atoms with Gasteiger partial charge in [-0.1, -0.05) is 19.9 Å². The minimum atomic E-state index is -0.372. The van der Waals surface area contributed by atoms with Crippen molar-refractivity contribution in [1.29, 1.82) is 0 Å². The summed E-state index contributed by atoms with van der Waals surface area (Å²) in [6.45, 7) is 3.68. The highest BCUT2D eigenvalue weighted by molar-refractivity contribution is 5.41. The number of phenols is 1. The third kappa shape index (κ3) is 2.36. The molecule has 3 heteroatoms. The molecule has 2 N–H and O–H groups in total. The lowest BCUT2D eigenvalue weighted by molar-refractivity contribution is 0.0971. The van der Waals surface area contributed by atoms with E-state index in [0.29, 0.717) is 11.7 Å². The molecule has 0 aliphatic rings. The van der Waals surface area contributed by atoms with Gasteiger partial charge in [-0.25, -0.2) is 0 Å². The molecule has 13 heavy (non-hydrogen) atoms. The summed E-state index contributed by atoms with van der Waals surface area (Å²) < 4.78 is 4.97. The SMILES string of the molecule is CC(C)c1ccc(O)cc1OCO. The van der Waals surface area contributed by atoms with Gasteiger partial charge < -0.3 is 14.9 Å². The van der Waals surface area contributed by atoms with Crippen LogP contribution in [0.3, 0.4) is 0 Å². The van der Waals surface area contributed by atoms with Crippen LogP contribution < -0.4 is 4.74 Å². The van der Waals surface area contributed by atoms with E-state index in [0.717, 1.165) is 5.56 Å². The number of ether oxygens (including phenoxy) is 1. The molecule has 0 atom stereocenters. The fraction of sp³-hybridized carbons (Fsp3) is 0.400. The molecule has 0 heterocycles. The number of aliphatic hydroxyl groups is 1. The summed E-state index contributed by atoms with van der Waals surface area (Å²) in [5.41, 5.74) is 0.979. The zero-order valence-corrected chi connectivity index (χ0v) is 7.82. The van der Waals surface area contributed by atoms with Crippen molar-refractivity contribution < 1.29 is 14.9 Å². The molecule has 0 bridgehead atoms. The number of phenolic OH excluding ortho intramolecular Hbond substituents is 1. The van der Waals surface area contributed by atoms with E-state index in [1.54, 1.807) is 12.1 Å². The summed E-state index contributed by atoms with van der Waals surface area (Å²) in [7, 11) is 0. The van der Waals surface area contributed by atoms with Crippen LogP contribution in [0.25, 0.3) is 0 Å². The van der Waals surface area contributed by atoms with Crippen molar-refractivity contribution in [1.82, 2.24) is 0 Å². The Morgan fingerprint density at radius 3 is 2.62 bits per heavy atom. The van der Waals surface area contributed by atoms with Crippen LogP contribution in [-0.4, -0.2) is 17.0 Å². The fourth-order valence-electron chi connectivity index (χ4n) is 1.19. The van der Waals surface area contributed by atoms with E-state index in [9.17, 15) is 5.11 Å². The van der Waals surface area contributed by atoms with Crippen molar-refractivity contribution in [2.75, 3.05) is 6.79 Å². The zero-order chi connectivity index (χ0) is 9.84. The van der Waals surface area contributed by atoms with Crippen LogP contribution in [0.4, 0.5) is 0 Å². The summed E-state index contributed by atoms with van der Waals surface area (Å²) in [4.78, 5) is 0. The van der Waals surface area contributed by atoms with Crippen LogP contribution >= 0.6 is 0 Å². The van der Waals surface area contributed by atoms with E-state index < -0.39 is 0 Å². The summed E-state index contributed by atoms with van der Waals surface area (Å²) in [6, 6.07) is 4.91.